The summed E-state index contributed by atoms with van der Waals surface area (Å²) >= 11 is 0. The van der Waals surface area contributed by atoms with Gasteiger partial charge >= 0.3 is 0 Å². The van der Waals surface area contributed by atoms with Crippen LogP contribution in [0.2, 0.25) is 0 Å². The first-order chi connectivity index (χ1) is 10.1. The number of benzene rings is 1. The third kappa shape index (κ3) is 7.83. The standard InChI is InChI=1S/C17H28N2O2/c1-14(15(2)18)17(20)19-11-6-7-12-21-13-10-16-8-4-3-5-9-16/h3-5,8-9,14-15H,6-7,10-13,18H2,1-2H3,(H,19,20). The number of hydrogen-bond donors (Lipinski definition) is 2. The number of nitrogens with one attached hydrogen (secondary N) is 1. The first-order valence-electron chi connectivity index (χ1n) is 7.76. The molecular weight excluding hydrogens is 264 g/mol. The van der Waals surface area contributed by atoms with E-state index >= 15 is 0 Å². The molecule has 0 fully saturated rings. The van der Waals surface area contributed by atoms with Crippen LogP contribution < -0.4 is 11.1 Å². The molecule has 2 atom stereocenters. The molecule has 3 N–H and O–H groups in total. The summed E-state index contributed by atoms with van der Waals surface area (Å²) < 4.78 is 5.60. The second kappa shape index (κ2) is 10.4. The number of nitrogens with two attached hydrogens (primary N) is 1. The van der Waals surface area contributed by atoms with E-state index in [1.165, 1.54) is 5.56 Å². The Hall–Kier alpha value is -1.39. The lowest BCUT2D eigenvalue weighted by Gasteiger charge is -2.15. The fraction of sp³-hybridized carbons (Fsp3) is 0.588. The molecule has 0 saturated carbocycles. The lowest BCUT2D eigenvalue weighted by molar-refractivity contribution is -0.124. The van der Waals surface area contributed by atoms with Crippen LogP contribution in [0.3, 0.4) is 0 Å². The van der Waals surface area contributed by atoms with Gasteiger partial charge in [0.25, 0.3) is 0 Å². The lowest BCUT2D eigenvalue weighted by Crippen LogP contribution is -2.38. The van der Waals surface area contributed by atoms with Crippen molar-refractivity contribution in [1.29, 1.82) is 0 Å². The van der Waals surface area contributed by atoms with E-state index in [4.69, 9.17) is 10.5 Å². The van der Waals surface area contributed by atoms with Gasteiger partial charge in [0.05, 0.1) is 6.61 Å². The number of carbonyl (C=O) groups is 1. The molecule has 0 saturated heterocycles. The van der Waals surface area contributed by atoms with Crippen molar-refractivity contribution >= 4 is 5.91 Å². The van der Waals surface area contributed by atoms with Crippen molar-refractivity contribution in [3.05, 3.63) is 35.9 Å². The predicted molar refractivity (Wildman–Crippen MR) is 86.0 cm³/mol. The third-order valence-electron chi connectivity index (χ3n) is 3.59. The maximum absolute atomic E-state index is 11.7. The highest BCUT2D eigenvalue weighted by atomic mass is 16.5. The molecule has 1 aromatic carbocycles. The Bertz CT molecular complexity index is 393. The maximum Gasteiger partial charge on any atom is 0.224 e. The smallest absolute Gasteiger partial charge is 0.224 e. The van der Waals surface area contributed by atoms with Crippen LogP contribution >= 0.6 is 0 Å². The molecule has 0 aromatic heterocycles. The molecular formula is C17H28N2O2. The van der Waals surface area contributed by atoms with Crippen molar-refractivity contribution in [2.45, 2.75) is 39.2 Å². The predicted octanol–water partition coefficient (Wildman–Crippen LogP) is 2.13. The average Bonchev–Trinajstić information content (AvgIpc) is 2.49. The quantitative estimate of drug-likeness (QED) is 0.649. The van der Waals surface area contributed by atoms with Crippen LogP contribution in [-0.2, 0) is 16.0 Å². The van der Waals surface area contributed by atoms with Crippen LogP contribution in [0, 0.1) is 5.92 Å². The summed E-state index contributed by atoms with van der Waals surface area (Å²) in [6, 6.07) is 10.2. The summed E-state index contributed by atoms with van der Waals surface area (Å²) in [7, 11) is 0. The maximum atomic E-state index is 11.7. The van der Waals surface area contributed by atoms with Gasteiger partial charge in [-0.25, -0.2) is 0 Å². The molecule has 0 heterocycles. The van der Waals surface area contributed by atoms with Crippen molar-refractivity contribution in [2.24, 2.45) is 11.7 Å². The van der Waals surface area contributed by atoms with Crippen LogP contribution in [0.4, 0.5) is 0 Å². The van der Waals surface area contributed by atoms with E-state index in [0.717, 1.165) is 32.5 Å². The van der Waals surface area contributed by atoms with Gasteiger partial charge in [-0.05, 0) is 31.7 Å². The molecule has 2 unspecified atom stereocenters. The Labute approximate surface area is 128 Å². The van der Waals surface area contributed by atoms with Crippen molar-refractivity contribution in [3.8, 4) is 0 Å². The zero-order valence-electron chi connectivity index (χ0n) is 13.2. The monoisotopic (exact) mass is 292 g/mol. The highest BCUT2D eigenvalue weighted by Gasteiger charge is 2.15. The zero-order valence-corrected chi connectivity index (χ0v) is 13.2. The van der Waals surface area contributed by atoms with Crippen LogP contribution in [0.25, 0.3) is 0 Å². The fourth-order valence-corrected chi connectivity index (χ4v) is 1.88. The second-order valence-electron chi connectivity index (χ2n) is 5.49. The van der Waals surface area contributed by atoms with Gasteiger partial charge in [0.2, 0.25) is 5.91 Å². The van der Waals surface area contributed by atoms with E-state index in [2.05, 4.69) is 17.4 Å². The molecule has 118 valence electrons. The summed E-state index contributed by atoms with van der Waals surface area (Å²) in [5.74, 6) is -0.0953. The molecule has 21 heavy (non-hydrogen) atoms. The molecule has 1 aromatic rings. The molecule has 1 rings (SSSR count). The number of hydrogen-bond acceptors (Lipinski definition) is 3. The Balaban J connectivity index is 1.94. The molecule has 0 aliphatic carbocycles. The lowest BCUT2D eigenvalue weighted by atomic mass is 10.0. The molecule has 4 nitrogen and oxygen atoms in total. The summed E-state index contributed by atoms with van der Waals surface area (Å²) in [5.41, 5.74) is 6.99. The Kier molecular flexibility index (Phi) is 8.71. The van der Waals surface area contributed by atoms with Crippen molar-refractivity contribution in [1.82, 2.24) is 5.32 Å². The second-order valence-corrected chi connectivity index (χ2v) is 5.49. The van der Waals surface area contributed by atoms with E-state index in [0.29, 0.717) is 6.54 Å². The van der Waals surface area contributed by atoms with Gasteiger partial charge in [0, 0.05) is 25.1 Å². The van der Waals surface area contributed by atoms with E-state index in [9.17, 15) is 4.79 Å². The van der Waals surface area contributed by atoms with Gasteiger partial charge in [-0.2, -0.15) is 0 Å². The fourth-order valence-electron chi connectivity index (χ4n) is 1.88. The molecule has 4 heteroatoms. The van der Waals surface area contributed by atoms with Gasteiger partial charge in [-0.1, -0.05) is 37.3 Å². The minimum Gasteiger partial charge on any atom is -0.381 e. The minimum absolute atomic E-state index is 0.0370. The number of ether oxygens (including phenoxy) is 1. The van der Waals surface area contributed by atoms with Crippen molar-refractivity contribution < 1.29 is 9.53 Å². The van der Waals surface area contributed by atoms with Gasteiger partial charge in [0.15, 0.2) is 0 Å². The normalized spacial score (nSPS) is 13.7. The van der Waals surface area contributed by atoms with Crippen LogP contribution in [0.1, 0.15) is 32.3 Å². The van der Waals surface area contributed by atoms with E-state index < -0.39 is 0 Å². The highest BCUT2D eigenvalue weighted by molar-refractivity contribution is 5.78. The van der Waals surface area contributed by atoms with E-state index in [-0.39, 0.29) is 17.9 Å². The Morgan fingerprint density at radius 1 is 1.19 bits per heavy atom. The molecule has 0 aliphatic rings. The Morgan fingerprint density at radius 3 is 2.57 bits per heavy atom. The van der Waals surface area contributed by atoms with Crippen molar-refractivity contribution in [2.75, 3.05) is 19.8 Å². The average molecular weight is 292 g/mol. The summed E-state index contributed by atoms with van der Waals surface area (Å²) in [6.45, 7) is 5.89. The minimum atomic E-state index is -0.132. The first kappa shape index (κ1) is 17.7. The van der Waals surface area contributed by atoms with Crippen LogP contribution in [0.15, 0.2) is 30.3 Å². The van der Waals surface area contributed by atoms with Crippen molar-refractivity contribution in [3.63, 3.8) is 0 Å². The van der Waals surface area contributed by atoms with Gasteiger partial charge in [-0.3, -0.25) is 4.79 Å². The van der Waals surface area contributed by atoms with E-state index in [1.807, 2.05) is 32.0 Å². The first-order valence-corrected chi connectivity index (χ1v) is 7.76. The molecule has 0 spiro atoms. The summed E-state index contributed by atoms with van der Waals surface area (Å²) in [6.07, 6.45) is 2.84. The van der Waals surface area contributed by atoms with Crippen LogP contribution in [-0.4, -0.2) is 31.7 Å². The van der Waals surface area contributed by atoms with E-state index in [1.54, 1.807) is 0 Å². The van der Waals surface area contributed by atoms with Gasteiger partial charge in [0.1, 0.15) is 0 Å². The zero-order chi connectivity index (χ0) is 15.5. The number of rotatable bonds is 10. The largest absolute Gasteiger partial charge is 0.381 e. The molecule has 0 bridgehead atoms. The van der Waals surface area contributed by atoms with Crippen LogP contribution in [0.5, 0.6) is 0 Å². The highest BCUT2D eigenvalue weighted by Crippen LogP contribution is 2.01. The van der Waals surface area contributed by atoms with Gasteiger partial charge in [-0.15, -0.1) is 0 Å². The Morgan fingerprint density at radius 2 is 1.90 bits per heavy atom. The SMILES string of the molecule is CC(N)C(C)C(=O)NCCCCOCCc1ccccc1. The summed E-state index contributed by atoms with van der Waals surface area (Å²) in [5, 5.41) is 2.91. The summed E-state index contributed by atoms with van der Waals surface area (Å²) in [4.78, 5) is 11.7. The number of amides is 1. The molecule has 0 radical (unpaired) electrons. The molecule has 1 amide bonds. The molecule has 0 aliphatic heterocycles. The third-order valence-corrected chi connectivity index (χ3v) is 3.59. The number of unbranched alkanes of at least 4 members (excludes halogenated alkanes) is 1. The van der Waals surface area contributed by atoms with Gasteiger partial charge < -0.3 is 15.8 Å². The number of carbonyl (C=O) groups excluding carboxylic acids is 1. The topological polar surface area (TPSA) is 64.4 Å².